The standard InChI is InChI=1S/C24H25Cl2N5O.ClH/c25-17-14-20(26)21(27-15-17)32-19-8-12-30(13-9-19)23-29-28-22(31(23)18-6-7-18)24(10-11-24)16-4-2-1-3-5-16;/h1-5,14-15,18-19H,6-13H2;1H. The summed E-state index contributed by atoms with van der Waals surface area (Å²) >= 11 is 12.2. The lowest BCUT2D eigenvalue weighted by molar-refractivity contribution is 0.163. The van der Waals surface area contributed by atoms with Gasteiger partial charge >= 0.3 is 0 Å². The minimum Gasteiger partial charge on any atom is -0.473 e. The Kier molecular flexibility index (Phi) is 6.19. The number of hydrogen-bond acceptors (Lipinski definition) is 5. The van der Waals surface area contributed by atoms with Crippen molar-refractivity contribution in [3.8, 4) is 5.88 Å². The second-order valence-electron chi connectivity index (χ2n) is 9.12. The molecule has 3 heterocycles. The maximum Gasteiger partial charge on any atom is 0.232 e. The van der Waals surface area contributed by atoms with E-state index in [9.17, 15) is 0 Å². The summed E-state index contributed by atoms with van der Waals surface area (Å²) in [4.78, 5) is 6.60. The molecule has 2 aliphatic carbocycles. The van der Waals surface area contributed by atoms with Crippen molar-refractivity contribution in [1.29, 1.82) is 0 Å². The molecular formula is C24H26Cl3N5O. The maximum atomic E-state index is 6.23. The molecule has 0 N–H and O–H groups in total. The van der Waals surface area contributed by atoms with Gasteiger partial charge in [-0.2, -0.15) is 0 Å². The quantitative estimate of drug-likeness (QED) is 0.419. The molecule has 2 aromatic heterocycles. The van der Waals surface area contributed by atoms with Crippen LogP contribution in [0.5, 0.6) is 5.88 Å². The van der Waals surface area contributed by atoms with Gasteiger partial charge in [0, 0.05) is 38.2 Å². The minimum atomic E-state index is 0. The van der Waals surface area contributed by atoms with Crippen LogP contribution in [0, 0.1) is 0 Å². The lowest BCUT2D eigenvalue weighted by Gasteiger charge is -2.33. The summed E-state index contributed by atoms with van der Waals surface area (Å²) in [5, 5.41) is 10.4. The average molecular weight is 507 g/mol. The molecule has 3 fully saturated rings. The Morgan fingerprint density at radius 3 is 2.33 bits per heavy atom. The summed E-state index contributed by atoms with van der Waals surface area (Å²) in [6, 6.07) is 13.0. The third-order valence-corrected chi connectivity index (χ3v) is 7.35. The van der Waals surface area contributed by atoms with Gasteiger partial charge in [-0.25, -0.2) is 4.98 Å². The van der Waals surface area contributed by atoms with Crippen molar-refractivity contribution in [2.45, 2.75) is 56.1 Å². The van der Waals surface area contributed by atoms with E-state index >= 15 is 0 Å². The van der Waals surface area contributed by atoms with E-state index in [2.05, 4.69) is 44.8 Å². The Morgan fingerprint density at radius 1 is 0.970 bits per heavy atom. The van der Waals surface area contributed by atoms with Crippen molar-refractivity contribution >= 4 is 41.6 Å². The van der Waals surface area contributed by atoms with E-state index in [1.54, 1.807) is 12.3 Å². The second-order valence-corrected chi connectivity index (χ2v) is 9.96. The molecule has 0 spiro atoms. The van der Waals surface area contributed by atoms with Gasteiger partial charge in [0.05, 0.1) is 10.4 Å². The number of hydrogen-bond donors (Lipinski definition) is 0. The Labute approximate surface area is 209 Å². The number of aromatic nitrogens is 4. The highest BCUT2D eigenvalue weighted by molar-refractivity contribution is 6.35. The lowest BCUT2D eigenvalue weighted by Crippen LogP contribution is -2.40. The molecule has 174 valence electrons. The molecule has 3 aromatic rings. The first-order chi connectivity index (χ1) is 15.6. The van der Waals surface area contributed by atoms with Crippen LogP contribution in [-0.4, -0.2) is 38.9 Å². The van der Waals surface area contributed by atoms with Crippen LogP contribution in [0.15, 0.2) is 42.6 Å². The number of anilines is 1. The highest BCUT2D eigenvalue weighted by atomic mass is 35.5. The summed E-state index contributed by atoms with van der Waals surface area (Å²) < 4.78 is 8.51. The van der Waals surface area contributed by atoms with Crippen LogP contribution in [0.25, 0.3) is 0 Å². The van der Waals surface area contributed by atoms with Gasteiger partial charge < -0.3 is 9.64 Å². The zero-order valence-electron chi connectivity index (χ0n) is 18.2. The molecule has 6 nitrogen and oxygen atoms in total. The fourth-order valence-corrected chi connectivity index (χ4v) is 5.26. The third kappa shape index (κ3) is 4.29. The van der Waals surface area contributed by atoms with Crippen molar-refractivity contribution in [2.24, 2.45) is 0 Å². The van der Waals surface area contributed by atoms with Crippen molar-refractivity contribution in [3.05, 3.63) is 64.0 Å². The molecule has 9 heteroatoms. The minimum absolute atomic E-state index is 0. The largest absolute Gasteiger partial charge is 0.473 e. The number of ether oxygens (including phenoxy) is 1. The highest BCUT2D eigenvalue weighted by Crippen LogP contribution is 2.55. The van der Waals surface area contributed by atoms with Gasteiger partial charge in [-0.1, -0.05) is 53.5 Å². The SMILES string of the molecule is Cl.Clc1cnc(OC2CCN(c3nnc(C4(c5ccccc5)CC4)n3C3CC3)CC2)c(Cl)c1. The molecule has 0 bridgehead atoms. The van der Waals surface area contributed by atoms with E-state index in [-0.39, 0.29) is 23.9 Å². The van der Waals surface area contributed by atoms with Gasteiger partial charge in [0.2, 0.25) is 11.8 Å². The van der Waals surface area contributed by atoms with Gasteiger partial charge in [0.25, 0.3) is 0 Å². The lowest BCUT2D eigenvalue weighted by atomic mass is 9.95. The van der Waals surface area contributed by atoms with E-state index in [0.29, 0.717) is 22.0 Å². The topological polar surface area (TPSA) is 56.1 Å². The first kappa shape index (κ1) is 22.8. The van der Waals surface area contributed by atoms with Crippen LogP contribution in [0.2, 0.25) is 10.0 Å². The summed E-state index contributed by atoms with van der Waals surface area (Å²) in [5.74, 6) is 2.62. The van der Waals surface area contributed by atoms with Gasteiger partial charge in [0.1, 0.15) is 17.0 Å². The Balaban J connectivity index is 0.00000228. The number of halogens is 3. The van der Waals surface area contributed by atoms with E-state index in [1.807, 2.05) is 0 Å². The number of benzene rings is 1. The first-order valence-corrected chi connectivity index (χ1v) is 12.1. The number of pyridine rings is 1. The highest BCUT2D eigenvalue weighted by Gasteiger charge is 2.52. The molecular weight excluding hydrogens is 481 g/mol. The number of rotatable bonds is 6. The molecule has 33 heavy (non-hydrogen) atoms. The van der Waals surface area contributed by atoms with Crippen LogP contribution in [-0.2, 0) is 5.41 Å². The van der Waals surface area contributed by atoms with Crippen LogP contribution in [0.3, 0.4) is 0 Å². The van der Waals surface area contributed by atoms with E-state index in [4.69, 9.17) is 38.1 Å². The molecule has 0 unspecified atom stereocenters. The molecule has 1 aromatic carbocycles. The average Bonchev–Trinajstić information content (AvgIpc) is 3.75. The van der Waals surface area contributed by atoms with Crippen molar-refractivity contribution in [2.75, 3.05) is 18.0 Å². The van der Waals surface area contributed by atoms with Gasteiger partial charge in [0.15, 0.2) is 0 Å². The van der Waals surface area contributed by atoms with E-state index in [1.165, 1.54) is 18.4 Å². The van der Waals surface area contributed by atoms with Crippen molar-refractivity contribution < 1.29 is 4.74 Å². The predicted octanol–water partition coefficient (Wildman–Crippen LogP) is 5.86. The summed E-state index contributed by atoms with van der Waals surface area (Å²) in [7, 11) is 0. The maximum absolute atomic E-state index is 6.23. The van der Waals surface area contributed by atoms with Gasteiger partial charge in [-0.15, -0.1) is 22.6 Å². The predicted molar refractivity (Wildman–Crippen MR) is 132 cm³/mol. The monoisotopic (exact) mass is 505 g/mol. The molecule has 2 saturated carbocycles. The molecule has 0 radical (unpaired) electrons. The smallest absolute Gasteiger partial charge is 0.232 e. The molecule has 1 aliphatic heterocycles. The van der Waals surface area contributed by atoms with Gasteiger partial charge in [-0.3, -0.25) is 4.57 Å². The van der Waals surface area contributed by atoms with Gasteiger partial charge in [-0.05, 0) is 37.3 Å². The molecule has 3 aliphatic rings. The number of piperidine rings is 1. The molecule has 1 saturated heterocycles. The molecule has 6 rings (SSSR count). The zero-order valence-corrected chi connectivity index (χ0v) is 20.5. The van der Waals surface area contributed by atoms with Crippen LogP contribution >= 0.6 is 35.6 Å². The fraction of sp³-hybridized carbons (Fsp3) is 0.458. The Bertz CT molecular complexity index is 1120. The second kappa shape index (κ2) is 8.97. The first-order valence-electron chi connectivity index (χ1n) is 11.4. The van der Waals surface area contributed by atoms with Crippen LogP contribution in [0.4, 0.5) is 5.95 Å². The molecule has 0 amide bonds. The van der Waals surface area contributed by atoms with E-state index < -0.39 is 0 Å². The van der Waals surface area contributed by atoms with Crippen molar-refractivity contribution in [1.82, 2.24) is 19.7 Å². The molecule has 0 atom stereocenters. The van der Waals surface area contributed by atoms with E-state index in [0.717, 1.165) is 50.5 Å². The fourth-order valence-electron chi connectivity index (χ4n) is 4.84. The summed E-state index contributed by atoms with van der Waals surface area (Å²) in [5.41, 5.74) is 1.40. The number of nitrogens with zero attached hydrogens (tertiary/aromatic N) is 5. The summed E-state index contributed by atoms with van der Waals surface area (Å²) in [6.07, 6.45) is 8.13. The summed E-state index contributed by atoms with van der Waals surface area (Å²) in [6.45, 7) is 1.75. The Morgan fingerprint density at radius 2 is 1.70 bits per heavy atom. The normalized spacial score (nSPS) is 19.8. The Hall–Kier alpha value is -2.02. The van der Waals surface area contributed by atoms with Crippen LogP contribution < -0.4 is 9.64 Å². The third-order valence-electron chi connectivity index (χ3n) is 6.87. The van der Waals surface area contributed by atoms with Crippen LogP contribution in [0.1, 0.15) is 56.0 Å². The van der Waals surface area contributed by atoms with Crippen molar-refractivity contribution in [3.63, 3.8) is 0 Å². The zero-order chi connectivity index (χ0) is 21.7.